The first-order valence-corrected chi connectivity index (χ1v) is 7.17. The third kappa shape index (κ3) is 12.7. The highest BCUT2D eigenvalue weighted by Gasteiger charge is 2.20. The van der Waals surface area contributed by atoms with Gasteiger partial charge in [-0.15, -0.1) is 24.0 Å². The normalized spacial score (nSPS) is 11.9. The molecule has 0 bridgehead atoms. The van der Waals surface area contributed by atoms with Crippen molar-refractivity contribution in [3.05, 3.63) is 0 Å². The Hall–Kier alpha value is -0.730. The molecule has 0 spiro atoms. The van der Waals surface area contributed by atoms with Crippen molar-refractivity contribution >= 4 is 36.0 Å². The van der Waals surface area contributed by atoms with Gasteiger partial charge < -0.3 is 20.7 Å². The number of rotatable bonds is 6. The highest BCUT2D eigenvalue weighted by Crippen LogP contribution is 2.09. The van der Waals surface area contributed by atoms with Crippen LogP contribution in [0.25, 0.3) is 0 Å². The standard InChI is InChI=1S/C14H30N4O2.HI/c1-7-18(13(19)20-14(4,5)6)9-8-16-12(15)17-10-11(2)3;/h11H,7-10H2,1-6H3,(H3,15,16,17);1H. The largest absolute Gasteiger partial charge is 0.444 e. The van der Waals surface area contributed by atoms with Gasteiger partial charge >= 0.3 is 6.09 Å². The number of ether oxygens (including phenoxy) is 1. The molecule has 0 aliphatic carbocycles. The van der Waals surface area contributed by atoms with E-state index in [9.17, 15) is 4.79 Å². The summed E-state index contributed by atoms with van der Waals surface area (Å²) in [5.41, 5.74) is 5.26. The minimum absolute atomic E-state index is 0. The zero-order valence-corrected chi connectivity index (χ0v) is 16.4. The number of hydrogen-bond donors (Lipinski definition) is 2. The lowest BCUT2D eigenvalue weighted by Gasteiger charge is -2.26. The molecule has 7 heteroatoms. The summed E-state index contributed by atoms with van der Waals surface area (Å²) >= 11 is 0. The summed E-state index contributed by atoms with van der Waals surface area (Å²) in [5.74, 6) is 0.892. The van der Waals surface area contributed by atoms with Gasteiger partial charge in [-0.3, -0.25) is 4.99 Å². The van der Waals surface area contributed by atoms with Crippen LogP contribution in [0.2, 0.25) is 0 Å². The Morgan fingerprint density at radius 2 is 1.95 bits per heavy atom. The Labute approximate surface area is 145 Å². The average molecular weight is 414 g/mol. The Bertz CT molecular complexity index is 327. The first-order valence-electron chi connectivity index (χ1n) is 7.17. The molecule has 0 aliphatic rings. The van der Waals surface area contributed by atoms with Gasteiger partial charge in [-0.1, -0.05) is 13.8 Å². The predicted molar refractivity (Wildman–Crippen MR) is 98.2 cm³/mol. The number of hydrogen-bond acceptors (Lipinski definition) is 3. The summed E-state index contributed by atoms with van der Waals surface area (Å²) in [5, 5.41) is 3.00. The third-order valence-electron chi connectivity index (χ3n) is 2.35. The van der Waals surface area contributed by atoms with Crippen LogP contribution in [-0.4, -0.2) is 48.7 Å². The van der Waals surface area contributed by atoms with Gasteiger partial charge in [0.25, 0.3) is 0 Å². The number of aliphatic imine (C=N–C) groups is 1. The van der Waals surface area contributed by atoms with Crippen LogP contribution in [0.5, 0.6) is 0 Å². The molecular formula is C14H31IN4O2. The Balaban J connectivity index is 0. The summed E-state index contributed by atoms with van der Waals surface area (Å²) in [7, 11) is 0. The fourth-order valence-electron chi connectivity index (χ4n) is 1.36. The summed E-state index contributed by atoms with van der Waals surface area (Å²) in [6.45, 7) is 14.0. The van der Waals surface area contributed by atoms with Crippen LogP contribution >= 0.6 is 24.0 Å². The number of nitrogens with zero attached hydrogens (tertiary/aromatic N) is 2. The smallest absolute Gasteiger partial charge is 0.410 e. The van der Waals surface area contributed by atoms with Crippen molar-refractivity contribution in [2.75, 3.05) is 26.2 Å². The quantitative estimate of drug-likeness (QED) is 0.398. The van der Waals surface area contributed by atoms with Crippen molar-refractivity contribution in [3.8, 4) is 0 Å². The van der Waals surface area contributed by atoms with Gasteiger partial charge in [0.05, 0.1) is 0 Å². The number of nitrogens with one attached hydrogen (secondary N) is 1. The third-order valence-corrected chi connectivity index (χ3v) is 2.35. The lowest BCUT2D eigenvalue weighted by Crippen LogP contribution is -2.43. The molecule has 126 valence electrons. The monoisotopic (exact) mass is 414 g/mol. The fraction of sp³-hybridized carbons (Fsp3) is 0.857. The van der Waals surface area contributed by atoms with E-state index in [-0.39, 0.29) is 30.1 Å². The van der Waals surface area contributed by atoms with Gasteiger partial charge in [-0.25, -0.2) is 4.79 Å². The molecule has 0 rings (SSSR count). The summed E-state index contributed by atoms with van der Waals surface area (Å²) < 4.78 is 5.32. The zero-order chi connectivity index (χ0) is 15.8. The van der Waals surface area contributed by atoms with E-state index in [1.165, 1.54) is 0 Å². The van der Waals surface area contributed by atoms with Gasteiger partial charge in [-0.2, -0.15) is 0 Å². The molecule has 0 saturated heterocycles. The van der Waals surface area contributed by atoms with Crippen molar-refractivity contribution in [3.63, 3.8) is 0 Å². The molecular weight excluding hydrogens is 383 g/mol. The number of guanidine groups is 1. The van der Waals surface area contributed by atoms with Gasteiger partial charge in [0.15, 0.2) is 5.96 Å². The Kier molecular flexibility index (Phi) is 11.7. The van der Waals surface area contributed by atoms with Gasteiger partial charge in [0.1, 0.15) is 5.60 Å². The second-order valence-corrected chi connectivity index (χ2v) is 6.11. The zero-order valence-electron chi connectivity index (χ0n) is 14.1. The van der Waals surface area contributed by atoms with Gasteiger partial charge in [-0.05, 0) is 33.6 Å². The SMILES string of the molecule is CCN(CCNC(N)=NCC(C)C)C(=O)OC(C)(C)C.I. The number of halogens is 1. The van der Waals surface area contributed by atoms with E-state index >= 15 is 0 Å². The second-order valence-electron chi connectivity index (χ2n) is 6.11. The topological polar surface area (TPSA) is 80.0 Å². The molecule has 3 N–H and O–H groups in total. The van der Waals surface area contributed by atoms with E-state index < -0.39 is 5.60 Å². The van der Waals surface area contributed by atoms with Crippen molar-refractivity contribution in [1.29, 1.82) is 0 Å². The second kappa shape index (κ2) is 10.9. The van der Waals surface area contributed by atoms with E-state index in [1.807, 2.05) is 27.7 Å². The van der Waals surface area contributed by atoms with Gasteiger partial charge in [0.2, 0.25) is 0 Å². The summed E-state index contributed by atoms with van der Waals surface area (Å²) in [6.07, 6.45) is -0.306. The first kappa shape index (κ1) is 22.5. The van der Waals surface area contributed by atoms with E-state index in [0.717, 1.165) is 0 Å². The number of carbonyl (C=O) groups is 1. The molecule has 0 unspecified atom stereocenters. The minimum atomic E-state index is -0.477. The molecule has 0 atom stereocenters. The Morgan fingerprint density at radius 1 is 1.38 bits per heavy atom. The van der Waals surface area contributed by atoms with Crippen molar-refractivity contribution in [2.45, 2.75) is 47.1 Å². The van der Waals surface area contributed by atoms with Crippen LogP contribution < -0.4 is 11.1 Å². The molecule has 0 aromatic rings. The molecule has 0 aromatic carbocycles. The van der Waals surface area contributed by atoms with Crippen LogP contribution in [0.3, 0.4) is 0 Å². The molecule has 0 aromatic heterocycles. The molecule has 0 heterocycles. The summed E-state index contributed by atoms with van der Waals surface area (Å²) in [4.78, 5) is 17.7. The molecule has 0 aliphatic heterocycles. The van der Waals surface area contributed by atoms with Crippen molar-refractivity contribution in [2.24, 2.45) is 16.6 Å². The Morgan fingerprint density at radius 3 is 2.38 bits per heavy atom. The van der Waals surface area contributed by atoms with Crippen LogP contribution in [0.4, 0.5) is 4.79 Å². The number of amides is 1. The molecule has 6 nitrogen and oxygen atoms in total. The van der Waals surface area contributed by atoms with E-state index in [4.69, 9.17) is 10.5 Å². The van der Waals surface area contributed by atoms with Crippen LogP contribution in [0, 0.1) is 5.92 Å². The van der Waals surface area contributed by atoms with E-state index in [1.54, 1.807) is 4.90 Å². The maximum atomic E-state index is 11.9. The lowest BCUT2D eigenvalue weighted by atomic mass is 10.2. The molecule has 1 amide bonds. The van der Waals surface area contributed by atoms with Gasteiger partial charge in [0, 0.05) is 26.2 Å². The van der Waals surface area contributed by atoms with Crippen molar-refractivity contribution in [1.82, 2.24) is 10.2 Å². The van der Waals surface area contributed by atoms with Crippen LogP contribution in [0.15, 0.2) is 4.99 Å². The molecule has 0 fully saturated rings. The highest BCUT2D eigenvalue weighted by molar-refractivity contribution is 14.0. The average Bonchev–Trinajstić information content (AvgIpc) is 2.29. The molecule has 0 saturated carbocycles. The number of carbonyl (C=O) groups excluding carboxylic acids is 1. The highest BCUT2D eigenvalue weighted by atomic mass is 127. The fourth-order valence-corrected chi connectivity index (χ4v) is 1.36. The van der Waals surface area contributed by atoms with E-state index in [0.29, 0.717) is 38.1 Å². The first-order chi connectivity index (χ1) is 9.15. The molecule has 0 radical (unpaired) electrons. The number of likely N-dealkylation sites (N-methyl/N-ethyl adjacent to an activating group) is 1. The van der Waals surface area contributed by atoms with E-state index in [2.05, 4.69) is 24.2 Å². The van der Waals surface area contributed by atoms with Crippen LogP contribution in [-0.2, 0) is 4.74 Å². The summed E-state index contributed by atoms with van der Waals surface area (Å²) in [6, 6.07) is 0. The maximum Gasteiger partial charge on any atom is 0.410 e. The van der Waals surface area contributed by atoms with Crippen LogP contribution in [0.1, 0.15) is 41.5 Å². The number of nitrogens with two attached hydrogens (primary N) is 1. The maximum absolute atomic E-state index is 11.9. The van der Waals surface area contributed by atoms with Crippen molar-refractivity contribution < 1.29 is 9.53 Å². The minimum Gasteiger partial charge on any atom is -0.444 e. The molecule has 21 heavy (non-hydrogen) atoms. The lowest BCUT2D eigenvalue weighted by molar-refractivity contribution is 0.0264. The predicted octanol–water partition coefficient (Wildman–Crippen LogP) is 2.42.